The molecule has 2 saturated carbocycles. The summed E-state index contributed by atoms with van der Waals surface area (Å²) in [5.41, 5.74) is 0.0474. The molecule has 124 valence electrons. The molecule has 1 N–H and O–H groups in total. The van der Waals surface area contributed by atoms with Crippen LogP contribution < -0.4 is 5.32 Å². The summed E-state index contributed by atoms with van der Waals surface area (Å²) in [6, 6.07) is 0.539. The predicted octanol–water partition coefficient (Wildman–Crippen LogP) is 4.78. The first kappa shape index (κ1) is 17.3. The summed E-state index contributed by atoms with van der Waals surface area (Å²) in [7, 11) is 0. The van der Waals surface area contributed by atoms with Gasteiger partial charge in [0.1, 0.15) is 0 Å². The van der Waals surface area contributed by atoms with Crippen LogP contribution in [0.4, 0.5) is 0 Å². The number of hydrogen-bond donors (Lipinski definition) is 1. The van der Waals surface area contributed by atoms with Crippen molar-refractivity contribution in [3.05, 3.63) is 0 Å². The molecule has 0 saturated heterocycles. The molecule has 0 spiro atoms. The smallest absolute Gasteiger partial charge is 0.0829 e. The van der Waals surface area contributed by atoms with Crippen LogP contribution in [0.1, 0.15) is 79.1 Å². The Morgan fingerprint density at radius 2 is 1.86 bits per heavy atom. The van der Waals surface area contributed by atoms with Crippen LogP contribution in [-0.4, -0.2) is 24.8 Å². The average Bonchev–Trinajstić information content (AvgIpc) is 3.12. The van der Waals surface area contributed by atoms with Crippen LogP contribution >= 0.6 is 0 Å². The van der Waals surface area contributed by atoms with Crippen molar-refractivity contribution in [1.29, 1.82) is 0 Å². The van der Waals surface area contributed by atoms with Crippen LogP contribution in [0.3, 0.4) is 0 Å². The van der Waals surface area contributed by atoms with Gasteiger partial charge in [-0.25, -0.2) is 0 Å². The van der Waals surface area contributed by atoms with Crippen LogP contribution in [-0.2, 0) is 4.74 Å². The Labute approximate surface area is 132 Å². The Morgan fingerprint density at radius 1 is 1.10 bits per heavy atom. The van der Waals surface area contributed by atoms with Crippen LogP contribution in [0.5, 0.6) is 0 Å². The van der Waals surface area contributed by atoms with Crippen molar-refractivity contribution in [3.63, 3.8) is 0 Å². The largest absolute Gasteiger partial charge is 0.374 e. The summed E-state index contributed by atoms with van der Waals surface area (Å²) in [4.78, 5) is 0. The van der Waals surface area contributed by atoms with Gasteiger partial charge in [-0.1, -0.05) is 27.2 Å². The van der Waals surface area contributed by atoms with E-state index in [1.165, 1.54) is 38.5 Å². The van der Waals surface area contributed by atoms with Crippen LogP contribution in [0, 0.1) is 17.8 Å². The Morgan fingerprint density at radius 3 is 2.33 bits per heavy atom. The minimum Gasteiger partial charge on any atom is -0.374 e. The number of ether oxygens (including phenoxy) is 1. The minimum absolute atomic E-state index is 0.0474. The summed E-state index contributed by atoms with van der Waals surface area (Å²) < 4.78 is 6.32. The molecule has 0 aromatic carbocycles. The fourth-order valence-electron chi connectivity index (χ4n) is 5.11. The lowest BCUT2D eigenvalue weighted by Crippen LogP contribution is -2.53. The first-order valence-electron chi connectivity index (χ1n) is 9.56. The Balaban J connectivity index is 2.04. The third kappa shape index (κ3) is 3.82. The zero-order chi connectivity index (χ0) is 15.3. The predicted molar refractivity (Wildman–Crippen MR) is 90.6 cm³/mol. The van der Waals surface area contributed by atoms with Gasteiger partial charge >= 0.3 is 0 Å². The zero-order valence-corrected chi connectivity index (χ0v) is 14.8. The number of nitrogens with one attached hydrogen (secondary N) is 1. The van der Waals surface area contributed by atoms with Crippen LogP contribution in [0.15, 0.2) is 0 Å². The molecule has 2 aliphatic carbocycles. The molecule has 2 aliphatic rings. The fraction of sp³-hybridized carbons (Fsp3) is 1.00. The molecule has 2 rings (SSSR count). The van der Waals surface area contributed by atoms with E-state index in [4.69, 9.17) is 4.74 Å². The maximum Gasteiger partial charge on any atom is 0.0829 e. The molecule has 0 amide bonds. The minimum atomic E-state index is 0.0474. The SMILES string of the molecule is CCCNC(CC1CC2CCC1C2)C(CC)(CC)OCC. The lowest BCUT2D eigenvalue weighted by atomic mass is 9.77. The molecular formula is C19H37NO. The Hall–Kier alpha value is -0.0800. The van der Waals surface area contributed by atoms with Crippen molar-refractivity contribution in [3.8, 4) is 0 Å². The Bertz CT molecular complexity index is 300. The number of hydrogen-bond acceptors (Lipinski definition) is 2. The number of fused-ring (bicyclic) bond motifs is 2. The summed E-state index contributed by atoms with van der Waals surface area (Å²) >= 11 is 0. The first-order valence-corrected chi connectivity index (χ1v) is 9.56. The quantitative estimate of drug-likeness (QED) is 0.626. The molecule has 0 aromatic heterocycles. The van der Waals surface area contributed by atoms with Crippen LogP contribution in [0.25, 0.3) is 0 Å². The van der Waals surface area contributed by atoms with E-state index in [1.807, 2.05) is 0 Å². The normalized spacial score (nSPS) is 30.0. The van der Waals surface area contributed by atoms with Crippen molar-refractivity contribution in [2.45, 2.75) is 90.7 Å². The molecule has 2 fully saturated rings. The van der Waals surface area contributed by atoms with Gasteiger partial charge in [-0.2, -0.15) is 0 Å². The summed E-state index contributed by atoms with van der Waals surface area (Å²) in [5.74, 6) is 3.03. The van der Waals surface area contributed by atoms with Gasteiger partial charge in [-0.3, -0.25) is 0 Å². The molecule has 2 heteroatoms. The summed E-state index contributed by atoms with van der Waals surface area (Å²) in [5, 5.41) is 3.86. The molecule has 4 unspecified atom stereocenters. The van der Waals surface area contributed by atoms with E-state index in [2.05, 4.69) is 33.0 Å². The maximum absolute atomic E-state index is 6.32. The van der Waals surface area contributed by atoms with E-state index in [9.17, 15) is 0 Å². The molecule has 4 atom stereocenters. The molecular weight excluding hydrogens is 258 g/mol. The topological polar surface area (TPSA) is 21.3 Å². The highest BCUT2D eigenvalue weighted by atomic mass is 16.5. The molecule has 21 heavy (non-hydrogen) atoms. The van der Waals surface area contributed by atoms with Gasteiger partial charge in [-0.15, -0.1) is 0 Å². The van der Waals surface area contributed by atoms with E-state index in [0.29, 0.717) is 6.04 Å². The van der Waals surface area contributed by atoms with Gasteiger partial charge < -0.3 is 10.1 Å². The second kappa shape index (κ2) is 7.97. The van der Waals surface area contributed by atoms with E-state index >= 15 is 0 Å². The standard InChI is InChI=1S/C19H37NO/c1-5-11-20-18(19(6-2,7-3)21-8-4)14-17-13-15-9-10-16(17)12-15/h15-18,20H,5-14H2,1-4H3. The molecule has 0 radical (unpaired) electrons. The molecule has 2 bridgehead atoms. The first-order chi connectivity index (χ1) is 10.2. The molecule has 0 aromatic rings. The van der Waals surface area contributed by atoms with Crippen LogP contribution in [0.2, 0.25) is 0 Å². The van der Waals surface area contributed by atoms with E-state index in [-0.39, 0.29) is 5.60 Å². The molecule has 0 aliphatic heterocycles. The second-order valence-electron chi connectivity index (χ2n) is 7.38. The van der Waals surface area contributed by atoms with Crippen molar-refractivity contribution in [1.82, 2.24) is 5.32 Å². The summed E-state index contributed by atoms with van der Waals surface area (Å²) in [6.07, 6.45) is 10.8. The highest BCUT2D eigenvalue weighted by molar-refractivity contribution is 4.97. The molecule has 0 heterocycles. The third-order valence-corrected chi connectivity index (χ3v) is 6.33. The fourth-order valence-corrected chi connectivity index (χ4v) is 5.11. The van der Waals surface area contributed by atoms with Crippen molar-refractivity contribution >= 4 is 0 Å². The van der Waals surface area contributed by atoms with Gasteiger partial charge in [0.25, 0.3) is 0 Å². The van der Waals surface area contributed by atoms with Gasteiger partial charge in [0.15, 0.2) is 0 Å². The van der Waals surface area contributed by atoms with Crippen molar-refractivity contribution in [2.75, 3.05) is 13.2 Å². The van der Waals surface area contributed by atoms with Gasteiger partial charge in [-0.05, 0) is 76.2 Å². The third-order valence-electron chi connectivity index (χ3n) is 6.33. The van der Waals surface area contributed by atoms with Crippen molar-refractivity contribution < 1.29 is 4.74 Å². The average molecular weight is 296 g/mol. The highest BCUT2D eigenvalue weighted by Crippen LogP contribution is 2.50. The summed E-state index contributed by atoms with van der Waals surface area (Å²) in [6.45, 7) is 11.0. The Kier molecular flexibility index (Phi) is 6.55. The number of rotatable bonds is 10. The highest BCUT2D eigenvalue weighted by Gasteiger charge is 2.44. The van der Waals surface area contributed by atoms with Crippen molar-refractivity contribution in [2.24, 2.45) is 17.8 Å². The lowest BCUT2D eigenvalue weighted by molar-refractivity contribution is -0.0781. The van der Waals surface area contributed by atoms with E-state index < -0.39 is 0 Å². The van der Waals surface area contributed by atoms with Gasteiger partial charge in [0.2, 0.25) is 0 Å². The lowest BCUT2D eigenvalue weighted by Gasteiger charge is -2.42. The van der Waals surface area contributed by atoms with Gasteiger partial charge in [0, 0.05) is 12.6 Å². The second-order valence-corrected chi connectivity index (χ2v) is 7.38. The monoisotopic (exact) mass is 295 g/mol. The maximum atomic E-state index is 6.32. The van der Waals surface area contributed by atoms with E-state index in [1.54, 1.807) is 0 Å². The van der Waals surface area contributed by atoms with E-state index in [0.717, 1.165) is 43.7 Å². The molecule has 2 nitrogen and oxygen atoms in total. The zero-order valence-electron chi connectivity index (χ0n) is 14.8. The van der Waals surface area contributed by atoms with Gasteiger partial charge in [0.05, 0.1) is 5.60 Å².